The molecule has 0 aliphatic heterocycles. The van der Waals surface area contributed by atoms with Gasteiger partial charge in [0.25, 0.3) is 0 Å². The van der Waals surface area contributed by atoms with Crippen molar-refractivity contribution in [3.63, 3.8) is 0 Å². The second-order valence-corrected chi connectivity index (χ2v) is 14.4. The van der Waals surface area contributed by atoms with E-state index in [1.165, 1.54) is 22.3 Å². The lowest BCUT2D eigenvalue weighted by Crippen LogP contribution is -2.42. The fraction of sp³-hybridized carbons (Fsp3) is 0.256. The van der Waals surface area contributed by atoms with Gasteiger partial charge in [-0.2, -0.15) is 0 Å². The Morgan fingerprint density at radius 2 is 1.00 bits per heavy atom. The zero-order chi connectivity index (χ0) is 32.8. The van der Waals surface area contributed by atoms with Crippen LogP contribution in [0.2, 0.25) is 0 Å². The Morgan fingerprint density at radius 3 is 1.68 bits per heavy atom. The van der Waals surface area contributed by atoms with Gasteiger partial charge >= 0.3 is 0 Å². The second kappa shape index (κ2) is 11.7. The fourth-order valence-electron chi connectivity index (χ4n) is 7.07. The van der Waals surface area contributed by atoms with Crippen LogP contribution in [0.3, 0.4) is 0 Å². The van der Waals surface area contributed by atoms with Crippen LogP contribution in [-0.2, 0) is 23.7 Å². The van der Waals surface area contributed by atoms with Gasteiger partial charge in [-0.05, 0) is 75.6 Å². The van der Waals surface area contributed by atoms with Gasteiger partial charge in [-0.15, -0.1) is 0 Å². The SMILES string of the molecule is CC1(C)c2ccc(-c3ccc(-c4nc(-c5ccccc5)nc(-c5cccc(CCc6ccccc6)c5)n4)cn3)cc2C(C)(C)C1(C)C. The predicted octanol–water partition coefficient (Wildman–Crippen LogP) is 10.3. The highest BCUT2D eigenvalue weighted by Crippen LogP contribution is 2.61. The highest BCUT2D eigenvalue weighted by Gasteiger charge is 2.56. The molecule has 2 heterocycles. The fourth-order valence-corrected chi connectivity index (χ4v) is 7.07. The number of rotatable bonds is 7. The van der Waals surface area contributed by atoms with E-state index in [1.54, 1.807) is 0 Å². The molecule has 0 N–H and O–H groups in total. The van der Waals surface area contributed by atoms with E-state index in [-0.39, 0.29) is 16.2 Å². The maximum atomic E-state index is 5.00. The maximum Gasteiger partial charge on any atom is 0.165 e. The van der Waals surface area contributed by atoms with Crippen molar-refractivity contribution >= 4 is 0 Å². The molecule has 0 radical (unpaired) electrons. The zero-order valence-corrected chi connectivity index (χ0v) is 28.3. The molecule has 4 aromatic carbocycles. The average molecular weight is 615 g/mol. The van der Waals surface area contributed by atoms with Crippen LogP contribution < -0.4 is 0 Å². The first-order valence-corrected chi connectivity index (χ1v) is 16.6. The van der Waals surface area contributed by atoms with Crippen molar-refractivity contribution in [2.75, 3.05) is 0 Å². The predicted molar refractivity (Wildman–Crippen MR) is 193 cm³/mol. The largest absolute Gasteiger partial charge is 0.255 e. The lowest BCUT2D eigenvalue weighted by molar-refractivity contribution is 0.125. The molecule has 0 spiro atoms. The maximum absolute atomic E-state index is 5.00. The van der Waals surface area contributed by atoms with Crippen LogP contribution >= 0.6 is 0 Å². The van der Waals surface area contributed by atoms with Crippen LogP contribution in [0.5, 0.6) is 0 Å². The van der Waals surface area contributed by atoms with Crippen molar-refractivity contribution < 1.29 is 0 Å². The topological polar surface area (TPSA) is 51.6 Å². The van der Waals surface area contributed by atoms with Crippen LogP contribution in [0.4, 0.5) is 0 Å². The van der Waals surface area contributed by atoms with Crippen molar-refractivity contribution in [2.24, 2.45) is 5.41 Å². The molecule has 0 unspecified atom stereocenters. The summed E-state index contributed by atoms with van der Waals surface area (Å²) in [7, 11) is 0. The first-order valence-electron chi connectivity index (χ1n) is 16.6. The molecule has 1 aliphatic rings. The van der Waals surface area contributed by atoms with Crippen LogP contribution in [0.1, 0.15) is 63.8 Å². The number of fused-ring (bicyclic) bond motifs is 1. The number of hydrogen-bond donors (Lipinski definition) is 0. The minimum Gasteiger partial charge on any atom is -0.255 e. The van der Waals surface area contributed by atoms with E-state index in [0.29, 0.717) is 17.5 Å². The number of pyridine rings is 1. The molecule has 0 fully saturated rings. The van der Waals surface area contributed by atoms with E-state index in [4.69, 9.17) is 19.9 Å². The highest BCUT2D eigenvalue weighted by atomic mass is 15.0. The molecule has 0 bridgehead atoms. The van der Waals surface area contributed by atoms with E-state index >= 15 is 0 Å². The lowest BCUT2D eigenvalue weighted by Gasteiger charge is -2.44. The molecule has 6 aromatic rings. The van der Waals surface area contributed by atoms with E-state index in [2.05, 4.69) is 126 Å². The first-order chi connectivity index (χ1) is 22.5. The van der Waals surface area contributed by atoms with Gasteiger partial charge in [-0.1, -0.05) is 133 Å². The van der Waals surface area contributed by atoms with Crippen LogP contribution in [-0.4, -0.2) is 19.9 Å². The van der Waals surface area contributed by atoms with Gasteiger partial charge < -0.3 is 0 Å². The number of aryl methyl sites for hydroxylation is 2. The summed E-state index contributed by atoms with van der Waals surface area (Å²) in [6, 6.07) is 40.3. The van der Waals surface area contributed by atoms with Crippen LogP contribution in [0, 0.1) is 5.41 Å². The van der Waals surface area contributed by atoms with Gasteiger partial charge in [0.05, 0.1) is 5.69 Å². The molecule has 4 nitrogen and oxygen atoms in total. The Morgan fingerprint density at radius 1 is 0.447 bits per heavy atom. The van der Waals surface area contributed by atoms with Gasteiger partial charge in [0, 0.05) is 28.5 Å². The van der Waals surface area contributed by atoms with Crippen molar-refractivity contribution in [3.8, 4) is 45.4 Å². The molecular formula is C43H42N4. The van der Waals surface area contributed by atoms with E-state index < -0.39 is 0 Å². The monoisotopic (exact) mass is 614 g/mol. The molecular weight excluding hydrogens is 573 g/mol. The second-order valence-electron chi connectivity index (χ2n) is 14.4. The van der Waals surface area contributed by atoms with Gasteiger partial charge in [-0.25, -0.2) is 15.0 Å². The summed E-state index contributed by atoms with van der Waals surface area (Å²) in [4.78, 5) is 19.8. The highest BCUT2D eigenvalue weighted by molar-refractivity contribution is 5.69. The normalized spacial score (nSPS) is 15.7. The van der Waals surface area contributed by atoms with Gasteiger partial charge in [-0.3, -0.25) is 4.98 Å². The average Bonchev–Trinajstić information content (AvgIpc) is 3.21. The number of hydrogen-bond acceptors (Lipinski definition) is 4. The Hall–Kier alpha value is -4.96. The molecule has 1 aliphatic carbocycles. The van der Waals surface area contributed by atoms with Crippen LogP contribution in [0.25, 0.3) is 45.4 Å². The Bertz CT molecular complexity index is 2040. The molecule has 0 amide bonds. The third-order valence-corrected chi connectivity index (χ3v) is 11.2. The minimum absolute atomic E-state index is 0.0375. The van der Waals surface area contributed by atoms with E-state index in [1.807, 2.05) is 36.5 Å². The summed E-state index contributed by atoms with van der Waals surface area (Å²) in [6.45, 7) is 14.3. The summed E-state index contributed by atoms with van der Waals surface area (Å²) in [5.74, 6) is 1.92. The summed E-state index contributed by atoms with van der Waals surface area (Å²) >= 11 is 0. The summed E-state index contributed by atoms with van der Waals surface area (Å²) < 4.78 is 0. The molecule has 2 aromatic heterocycles. The molecule has 0 atom stereocenters. The molecule has 234 valence electrons. The number of nitrogens with zero attached hydrogens (tertiary/aromatic N) is 4. The van der Waals surface area contributed by atoms with Crippen LogP contribution in [0.15, 0.2) is 121 Å². The summed E-state index contributed by atoms with van der Waals surface area (Å²) in [6.07, 6.45) is 3.82. The Kier molecular flexibility index (Phi) is 7.63. The number of benzene rings is 4. The smallest absolute Gasteiger partial charge is 0.165 e. The molecule has 7 rings (SSSR count). The van der Waals surface area contributed by atoms with Crippen molar-refractivity contribution in [3.05, 3.63) is 144 Å². The van der Waals surface area contributed by atoms with E-state index in [9.17, 15) is 0 Å². The Balaban J connectivity index is 1.23. The third kappa shape index (κ3) is 5.46. The lowest BCUT2D eigenvalue weighted by atomic mass is 9.59. The summed E-state index contributed by atoms with van der Waals surface area (Å²) in [5, 5.41) is 0. The van der Waals surface area contributed by atoms with Gasteiger partial charge in [0.1, 0.15) is 0 Å². The molecule has 0 saturated carbocycles. The van der Waals surface area contributed by atoms with Gasteiger partial charge in [0.15, 0.2) is 17.5 Å². The van der Waals surface area contributed by atoms with Gasteiger partial charge in [0.2, 0.25) is 0 Å². The number of aromatic nitrogens is 4. The van der Waals surface area contributed by atoms with Crippen molar-refractivity contribution in [1.29, 1.82) is 0 Å². The molecule has 4 heteroatoms. The zero-order valence-electron chi connectivity index (χ0n) is 28.3. The van der Waals surface area contributed by atoms with Crippen molar-refractivity contribution in [2.45, 2.75) is 65.2 Å². The molecule has 47 heavy (non-hydrogen) atoms. The standard InChI is InChI=1S/C43H42N4/c1-41(2)35-24-22-32(27-36(35)42(3,4)43(41,5)6)37-25-23-34(28-44-37)40-46-38(31-17-11-8-12-18-31)45-39(47-40)33-19-13-16-30(26-33)21-20-29-14-9-7-10-15-29/h7-19,22-28H,20-21H2,1-6H3. The minimum atomic E-state index is 0.0375. The summed E-state index contributed by atoms with van der Waals surface area (Å²) in [5.41, 5.74) is 10.5. The van der Waals surface area contributed by atoms with E-state index in [0.717, 1.165) is 40.8 Å². The quantitative estimate of drug-likeness (QED) is 0.180. The van der Waals surface area contributed by atoms with Crippen molar-refractivity contribution in [1.82, 2.24) is 19.9 Å². The Labute approximate surface area is 279 Å². The molecule has 0 saturated heterocycles. The third-order valence-electron chi connectivity index (χ3n) is 11.2. The first kappa shape index (κ1) is 30.7.